The Kier molecular flexibility index (Phi) is 3.74. The molecule has 0 saturated heterocycles. The maximum absolute atomic E-state index is 4.23. The summed E-state index contributed by atoms with van der Waals surface area (Å²) in [5.74, 6) is 0.656. The van der Waals surface area contributed by atoms with Crippen molar-refractivity contribution in [3.8, 4) is 0 Å². The Labute approximate surface area is 109 Å². The normalized spacial score (nSPS) is 12.2. The molecule has 1 aromatic carbocycles. The Balaban J connectivity index is 2.11. The van der Waals surface area contributed by atoms with Gasteiger partial charge in [0.05, 0.1) is 6.04 Å². The number of benzene rings is 1. The predicted octanol–water partition coefficient (Wildman–Crippen LogP) is 3.72. The number of rotatable bonds is 3. The SMILES string of the molecule is Cc1cnc(NC(C)c2cccc(Br)c2)nc1. The van der Waals surface area contributed by atoms with Gasteiger partial charge in [-0.25, -0.2) is 9.97 Å². The van der Waals surface area contributed by atoms with E-state index in [0.29, 0.717) is 5.95 Å². The van der Waals surface area contributed by atoms with Gasteiger partial charge in [0.1, 0.15) is 0 Å². The summed E-state index contributed by atoms with van der Waals surface area (Å²) in [6.07, 6.45) is 3.62. The highest BCUT2D eigenvalue weighted by molar-refractivity contribution is 9.10. The molecule has 0 aliphatic heterocycles. The van der Waals surface area contributed by atoms with Crippen LogP contribution in [-0.4, -0.2) is 9.97 Å². The summed E-state index contributed by atoms with van der Waals surface area (Å²) in [6.45, 7) is 4.06. The van der Waals surface area contributed by atoms with Crippen molar-refractivity contribution in [2.75, 3.05) is 5.32 Å². The highest BCUT2D eigenvalue weighted by Crippen LogP contribution is 2.20. The lowest BCUT2D eigenvalue weighted by atomic mass is 10.1. The Bertz CT molecular complexity index is 496. The molecule has 0 bridgehead atoms. The largest absolute Gasteiger partial charge is 0.348 e. The van der Waals surface area contributed by atoms with Gasteiger partial charge in [-0.1, -0.05) is 28.1 Å². The Hall–Kier alpha value is -1.42. The van der Waals surface area contributed by atoms with Gasteiger partial charge < -0.3 is 5.32 Å². The fourth-order valence-electron chi connectivity index (χ4n) is 1.52. The van der Waals surface area contributed by atoms with Crippen LogP contribution in [0.4, 0.5) is 5.95 Å². The van der Waals surface area contributed by atoms with Gasteiger partial charge in [-0.2, -0.15) is 0 Å². The molecule has 0 aliphatic carbocycles. The first kappa shape index (κ1) is 12.0. The van der Waals surface area contributed by atoms with E-state index in [1.54, 1.807) is 0 Å². The van der Waals surface area contributed by atoms with Gasteiger partial charge >= 0.3 is 0 Å². The van der Waals surface area contributed by atoms with E-state index in [-0.39, 0.29) is 6.04 Å². The van der Waals surface area contributed by atoms with Crippen LogP contribution in [0.1, 0.15) is 24.1 Å². The monoisotopic (exact) mass is 291 g/mol. The highest BCUT2D eigenvalue weighted by atomic mass is 79.9. The number of halogens is 1. The van der Waals surface area contributed by atoms with Crippen molar-refractivity contribution in [3.05, 3.63) is 52.3 Å². The second-order valence-corrected chi connectivity index (χ2v) is 4.92. The maximum Gasteiger partial charge on any atom is 0.223 e. The van der Waals surface area contributed by atoms with Crippen LogP contribution in [0.25, 0.3) is 0 Å². The molecule has 0 fully saturated rings. The summed E-state index contributed by atoms with van der Waals surface area (Å²) in [5.41, 5.74) is 2.26. The van der Waals surface area contributed by atoms with Crippen molar-refractivity contribution in [1.29, 1.82) is 0 Å². The molecule has 3 nitrogen and oxygen atoms in total. The maximum atomic E-state index is 4.23. The van der Waals surface area contributed by atoms with E-state index in [1.807, 2.05) is 31.5 Å². The van der Waals surface area contributed by atoms with Crippen LogP contribution in [0.3, 0.4) is 0 Å². The average molecular weight is 292 g/mol. The average Bonchev–Trinajstić information content (AvgIpc) is 2.32. The molecule has 0 spiro atoms. The van der Waals surface area contributed by atoms with E-state index < -0.39 is 0 Å². The first-order valence-corrected chi connectivity index (χ1v) is 6.25. The van der Waals surface area contributed by atoms with E-state index in [0.717, 1.165) is 10.0 Å². The minimum atomic E-state index is 0.176. The molecule has 0 aliphatic rings. The van der Waals surface area contributed by atoms with Crippen LogP contribution in [-0.2, 0) is 0 Å². The smallest absolute Gasteiger partial charge is 0.223 e. The lowest BCUT2D eigenvalue weighted by molar-refractivity contribution is 0.858. The van der Waals surface area contributed by atoms with Crippen molar-refractivity contribution in [1.82, 2.24) is 9.97 Å². The quantitative estimate of drug-likeness (QED) is 0.937. The minimum absolute atomic E-state index is 0.176. The fraction of sp³-hybridized carbons (Fsp3) is 0.231. The van der Waals surface area contributed by atoms with Gasteiger partial charge in [0.15, 0.2) is 0 Å². The summed E-state index contributed by atoms with van der Waals surface area (Å²) >= 11 is 3.47. The van der Waals surface area contributed by atoms with Crippen LogP contribution in [0.2, 0.25) is 0 Å². The van der Waals surface area contributed by atoms with E-state index in [9.17, 15) is 0 Å². The van der Waals surface area contributed by atoms with Gasteiger partial charge in [0.2, 0.25) is 5.95 Å². The molecule has 1 atom stereocenters. The fourth-order valence-corrected chi connectivity index (χ4v) is 1.94. The van der Waals surface area contributed by atoms with Gasteiger partial charge in [-0.15, -0.1) is 0 Å². The van der Waals surface area contributed by atoms with E-state index in [2.05, 4.69) is 50.3 Å². The Morgan fingerprint density at radius 1 is 1.24 bits per heavy atom. The standard InChI is InChI=1S/C13H14BrN3/c1-9-7-15-13(16-8-9)17-10(2)11-4-3-5-12(14)6-11/h3-8,10H,1-2H3,(H,15,16,17). The van der Waals surface area contributed by atoms with Crippen molar-refractivity contribution in [3.63, 3.8) is 0 Å². The molecular formula is C13H14BrN3. The molecular weight excluding hydrogens is 278 g/mol. The molecule has 1 aromatic heterocycles. The van der Waals surface area contributed by atoms with Gasteiger partial charge in [0.25, 0.3) is 0 Å². The number of aromatic nitrogens is 2. The van der Waals surface area contributed by atoms with Gasteiger partial charge in [-0.3, -0.25) is 0 Å². The molecule has 0 amide bonds. The summed E-state index contributed by atoms with van der Waals surface area (Å²) in [4.78, 5) is 8.46. The Morgan fingerprint density at radius 3 is 2.59 bits per heavy atom. The molecule has 17 heavy (non-hydrogen) atoms. The molecule has 4 heteroatoms. The number of aryl methyl sites for hydroxylation is 1. The third-order valence-corrected chi connectivity index (χ3v) is 2.97. The molecule has 2 aromatic rings. The second-order valence-electron chi connectivity index (χ2n) is 4.01. The summed E-state index contributed by atoms with van der Waals surface area (Å²) in [7, 11) is 0. The molecule has 0 radical (unpaired) electrons. The van der Waals surface area contributed by atoms with Gasteiger partial charge in [-0.05, 0) is 37.1 Å². The molecule has 2 rings (SSSR count). The number of anilines is 1. The number of hydrogen-bond donors (Lipinski definition) is 1. The van der Waals surface area contributed by atoms with Crippen LogP contribution in [0.5, 0.6) is 0 Å². The van der Waals surface area contributed by atoms with Crippen LogP contribution in [0, 0.1) is 6.92 Å². The summed E-state index contributed by atoms with van der Waals surface area (Å²) < 4.78 is 1.08. The molecule has 88 valence electrons. The minimum Gasteiger partial charge on any atom is -0.348 e. The third-order valence-electron chi connectivity index (χ3n) is 2.48. The van der Waals surface area contributed by atoms with E-state index >= 15 is 0 Å². The van der Waals surface area contributed by atoms with Crippen LogP contribution in [0.15, 0.2) is 41.1 Å². The topological polar surface area (TPSA) is 37.8 Å². The first-order chi connectivity index (χ1) is 8.15. The van der Waals surface area contributed by atoms with Crippen molar-refractivity contribution >= 4 is 21.9 Å². The lowest BCUT2D eigenvalue weighted by Gasteiger charge is -2.14. The first-order valence-electron chi connectivity index (χ1n) is 5.46. The van der Waals surface area contributed by atoms with Gasteiger partial charge in [0, 0.05) is 16.9 Å². The zero-order valence-electron chi connectivity index (χ0n) is 9.81. The van der Waals surface area contributed by atoms with E-state index in [1.165, 1.54) is 5.56 Å². The molecule has 1 N–H and O–H groups in total. The van der Waals surface area contributed by atoms with Crippen LogP contribution >= 0.6 is 15.9 Å². The second kappa shape index (κ2) is 5.27. The number of nitrogens with zero attached hydrogens (tertiary/aromatic N) is 2. The zero-order chi connectivity index (χ0) is 12.3. The van der Waals surface area contributed by atoms with Crippen molar-refractivity contribution in [2.24, 2.45) is 0 Å². The number of hydrogen-bond acceptors (Lipinski definition) is 3. The summed E-state index contributed by atoms with van der Waals surface area (Å²) in [5, 5.41) is 3.27. The lowest BCUT2D eigenvalue weighted by Crippen LogP contribution is -2.09. The zero-order valence-corrected chi connectivity index (χ0v) is 11.4. The van der Waals surface area contributed by atoms with E-state index in [4.69, 9.17) is 0 Å². The molecule has 0 saturated carbocycles. The van der Waals surface area contributed by atoms with Crippen LogP contribution < -0.4 is 5.32 Å². The van der Waals surface area contributed by atoms with Crippen molar-refractivity contribution < 1.29 is 0 Å². The molecule has 1 unspecified atom stereocenters. The molecule has 1 heterocycles. The Morgan fingerprint density at radius 2 is 1.94 bits per heavy atom. The number of nitrogens with one attached hydrogen (secondary N) is 1. The third kappa shape index (κ3) is 3.27. The predicted molar refractivity (Wildman–Crippen MR) is 72.9 cm³/mol. The summed E-state index contributed by atoms with van der Waals surface area (Å²) in [6, 6.07) is 8.38. The van der Waals surface area contributed by atoms with Crippen molar-refractivity contribution in [2.45, 2.75) is 19.9 Å². The highest BCUT2D eigenvalue weighted by Gasteiger charge is 2.06.